The molecular weight excluding hydrogens is 709 g/mol. The second kappa shape index (κ2) is 23.0. The summed E-state index contributed by atoms with van der Waals surface area (Å²) in [5.74, 6) is 0.777. The summed E-state index contributed by atoms with van der Waals surface area (Å²) in [6, 6.07) is 8.35. The zero-order valence-corrected chi connectivity index (χ0v) is 33.1. The van der Waals surface area contributed by atoms with Crippen LogP contribution >= 0.6 is 7.82 Å². The minimum Gasteiger partial charge on any atom is -0.390 e. The topological polar surface area (TPSA) is 199 Å². The van der Waals surface area contributed by atoms with Crippen LogP contribution in [0.4, 0.5) is 11.6 Å². The number of hydrogen-bond acceptors (Lipinski definition) is 12. The van der Waals surface area contributed by atoms with Gasteiger partial charge in [-0.15, -0.1) is 0 Å². The fraction of sp³-hybridized carbons (Fsp3) is 0.692. The monoisotopic (exact) mass is 771 g/mol. The number of nitrogens with zero attached hydrogens (tertiary/aromatic N) is 5. The Morgan fingerprint density at radius 1 is 0.981 bits per heavy atom. The molecule has 3 aromatic heterocycles. The highest BCUT2D eigenvalue weighted by atomic mass is 31.2. The van der Waals surface area contributed by atoms with Crippen LogP contribution in [0.15, 0.2) is 36.8 Å². The lowest BCUT2D eigenvalue weighted by atomic mass is 9.97. The van der Waals surface area contributed by atoms with E-state index >= 15 is 0 Å². The van der Waals surface area contributed by atoms with E-state index in [0.717, 1.165) is 12.8 Å². The molecule has 14 nitrogen and oxygen atoms in total. The number of anilines is 2. The predicted octanol–water partition coefficient (Wildman–Crippen LogP) is 7.84. The van der Waals surface area contributed by atoms with E-state index in [-0.39, 0.29) is 26.2 Å². The fourth-order valence-electron chi connectivity index (χ4n) is 6.91. The van der Waals surface area contributed by atoms with Gasteiger partial charge in [0.15, 0.2) is 5.82 Å². The van der Waals surface area contributed by atoms with E-state index in [2.05, 4.69) is 27.3 Å². The first-order chi connectivity index (χ1) is 26.1. The van der Waals surface area contributed by atoms with Crippen LogP contribution < -0.4 is 11.1 Å². The lowest BCUT2D eigenvalue weighted by Gasteiger charge is -2.25. The van der Waals surface area contributed by atoms with Crippen LogP contribution in [-0.4, -0.2) is 74.3 Å². The van der Waals surface area contributed by atoms with Gasteiger partial charge < -0.3 is 30.5 Å². The first-order valence-corrected chi connectivity index (χ1v) is 21.4. The summed E-state index contributed by atoms with van der Waals surface area (Å²) in [7, 11) is -4.56. The number of phosphoric acid groups is 1. The van der Waals surface area contributed by atoms with Gasteiger partial charge in [-0.25, -0.2) is 19.0 Å². The number of phosphoric ester groups is 1. The van der Waals surface area contributed by atoms with Crippen LogP contribution in [0.25, 0.3) is 5.52 Å². The van der Waals surface area contributed by atoms with E-state index in [0.29, 0.717) is 35.0 Å². The summed E-state index contributed by atoms with van der Waals surface area (Å²) >= 11 is 0. The minimum absolute atomic E-state index is 0.197. The Hall–Kier alpha value is -3.15. The summed E-state index contributed by atoms with van der Waals surface area (Å²) in [6.45, 7) is 4.21. The number of aliphatic hydroxyl groups excluding tert-OH is 1. The lowest BCUT2D eigenvalue weighted by Crippen LogP contribution is -2.31. The van der Waals surface area contributed by atoms with Crippen LogP contribution in [-0.2, 0) is 28.7 Å². The van der Waals surface area contributed by atoms with Crippen molar-refractivity contribution in [3.63, 3.8) is 0 Å². The Morgan fingerprint density at radius 3 is 2.24 bits per heavy atom. The maximum absolute atomic E-state index is 13.0. The predicted molar refractivity (Wildman–Crippen MR) is 209 cm³/mol. The highest BCUT2D eigenvalue weighted by Crippen LogP contribution is 2.46. The third-order valence-corrected chi connectivity index (χ3v) is 11.0. The Balaban J connectivity index is 1.14. The van der Waals surface area contributed by atoms with Crippen molar-refractivity contribution in [2.75, 3.05) is 37.5 Å². The van der Waals surface area contributed by atoms with Crippen molar-refractivity contribution in [1.82, 2.24) is 19.6 Å². The number of pyridine rings is 1. The average molecular weight is 772 g/mol. The van der Waals surface area contributed by atoms with Crippen LogP contribution in [0.5, 0.6) is 0 Å². The summed E-state index contributed by atoms with van der Waals surface area (Å²) < 4.78 is 37.4. The summed E-state index contributed by atoms with van der Waals surface area (Å²) in [6.07, 6.45) is 21.8. The average Bonchev–Trinajstić information content (AvgIpc) is 3.74. The first-order valence-electron chi connectivity index (χ1n) is 19.9. The molecule has 300 valence electrons. The molecule has 0 spiro atoms. The van der Waals surface area contributed by atoms with Crippen molar-refractivity contribution in [2.24, 2.45) is 0 Å². The van der Waals surface area contributed by atoms with Gasteiger partial charge in [-0.1, -0.05) is 103 Å². The van der Waals surface area contributed by atoms with Crippen molar-refractivity contribution < 1.29 is 33.1 Å². The molecule has 0 amide bonds. The van der Waals surface area contributed by atoms with Crippen LogP contribution in [0.2, 0.25) is 0 Å². The Labute approximate surface area is 320 Å². The standard InChI is InChI=1S/C39H62N7O7P/c1-3-4-5-6-7-8-9-10-11-12-13-14-15-16-17-18-23-50-27-32(45-37-22-19-31(25-40)26-42-37)28-51-54(48,49)52-29-35-34(47)24-39(2,53-35)36-21-20-33-38(41)43-30-44-46(33)36/h19-22,26,30,32,34-35,47H,3-18,23-24,27-29H2,1-2H3,(H,42,45)(H,48,49)(H2,41,43,44)/t32-,34+,35-,39-/m1/s1. The maximum atomic E-state index is 13.0. The highest BCUT2D eigenvalue weighted by molar-refractivity contribution is 7.47. The van der Waals surface area contributed by atoms with Gasteiger partial charge in [0.25, 0.3) is 0 Å². The first kappa shape index (κ1) is 43.6. The van der Waals surface area contributed by atoms with Gasteiger partial charge in [0.05, 0.1) is 43.2 Å². The number of ether oxygens (including phenoxy) is 2. The molecule has 0 bridgehead atoms. The second-order valence-corrected chi connectivity index (χ2v) is 16.1. The molecule has 5 N–H and O–H groups in total. The molecule has 4 heterocycles. The minimum atomic E-state index is -4.56. The fourth-order valence-corrected chi connectivity index (χ4v) is 7.69. The normalized spacial score (nSPS) is 20.2. The molecule has 1 aliphatic rings. The summed E-state index contributed by atoms with van der Waals surface area (Å²) in [5.41, 5.74) is 6.68. The molecule has 0 aliphatic carbocycles. The van der Waals surface area contributed by atoms with E-state index in [1.165, 1.54) is 102 Å². The third-order valence-electron chi connectivity index (χ3n) is 10.0. The molecule has 1 unspecified atom stereocenters. The van der Waals surface area contributed by atoms with Crippen LogP contribution in [0.1, 0.15) is 134 Å². The van der Waals surface area contributed by atoms with E-state index in [1.807, 2.05) is 6.07 Å². The quantitative estimate of drug-likeness (QED) is 0.0412. The van der Waals surface area contributed by atoms with E-state index < -0.39 is 31.7 Å². The molecule has 4 rings (SSSR count). The van der Waals surface area contributed by atoms with E-state index in [4.69, 9.17) is 29.5 Å². The number of hydrogen-bond donors (Lipinski definition) is 4. The number of unbranched alkanes of at least 4 members (excludes halogenated alkanes) is 15. The largest absolute Gasteiger partial charge is 0.472 e. The SMILES string of the molecule is CCCCCCCCCCCCCCCCCCOC[C@H](COP(=O)(O)OC[C@H]1O[C@@](C)(c2ccc3c(N)ncnn23)C[C@@H]1O)Nc1ccc(C#N)cn1. The van der Waals surface area contributed by atoms with Gasteiger partial charge in [0.2, 0.25) is 0 Å². The Morgan fingerprint density at radius 2 is 1.63 bits per heavy atom. The van der Waals surface area contributed by atoms with Crippen LogP contribution in [0.3, 0.4) is 0 Å². The molecule has 5 atom stereocenters. The number of aromatic nitrogens is 4. The maximum Gasteiger partial charge on any atom is 0.472 e. The van der Waals surface area contributed by atoms with Crippen molar-refractivity contribution in [3.05, 3.63) is 48.0 Å². The van der Waals surface area contributed by atoms with Crippen molar-refractivity contribution in [3.8, 4) is 6.07 Å². The molecule has 0 saturated carbocycles. The number of nitriles is 1. The van der Waals surface area contributed by atoms with E-state index in [1.54, 1.807) is 35.7 Å². The van der Waals surface area contributed by atoms with Gasteiger partial charge in [0, 0.05) is 19.2 Å². The number of nitrogens with two attached hydrogens (primary N) is 1. The zero-order chi connectivity index (χ0) is 38.7. The molecule has 1 fully saturated rings. The van der Waals surface area contributed by atoms with Gasteiger partial charge in [-0.3, -0.25) is 9.05 Å². The number of nitrogen functional groups attached to an aromatic ring is 1. The van der Waals surface area contributed by atoms with Crippen molar-refractivity contribution >= 4 is 25.0 Å². The number of rotatable bonds is 28. The molecule has 15 heteroatoms. The molecule has 54 heavy (non-hydrogen) atoms. The van der Waals surface area contributed by atoms with Gasteiger partial charge >= 0.3 is 7.82 Å². The second-order valence-electron chi connectivity index (χ2n) is 14.6. The van der Waals surface area contributed by atoms with Gasteiger partial charge in [-0.05, 0) is 37.6 Å². The number of aliphatic hydroxyl groups is 1. The summed E-state index contributed by atoms with van der Waals surface area (Å²) in [4.78, 5) is 18.8. The van der Waals surface area contributed by atoms with Gasteiger partial charge in [0.1, 0.15) is 35.4 Å². The van der Waals surface area contributed by atoms with Crippen molar-refractivity contribution in [1.29, 1.82) is 5.26 Å². The zero-order valence-electron chi connectivity index (χ0n) is 32.2. The summed E-state index contributed by atoms with van der Waals surface area (Å²) in [5, 5.41) is 27.4. The Kier molecular flexibility index (Phi) is 18.6. The molecule has 3 aromatic rings. The molecule has 1 saturated heterocycles. The molecule has 0 aromatic carbocycles. The third kappa shape index (κ3) is 14.5. The molecule has 0 radical (unpaired) electrons. The van der Waals surface area contributed by atoms with E-state index in [9.17, 15) is 14.6 Å². The molecular formula is C39H62N7O7P. The van der Waals surface area contributed by atoms with Gasteiger partial charge in [-0.2, -0.15) is 10.4 Å². The van der Waals surface area contributed by atoms with Crippen LogP contribution in [0, 0.1) is 11.3 Å². The smallest absolute Gasteiger partial charge is 0.390 e. The van der Waals surface area contributed by atoms with Crippen molar-refractivity contribution in [2.45, 2.75) is 147 Å². The Bertz CT molecular complexity index is 1600. The molecule has 1 aliphatic heterocycles. The number of fused-ring (bicyclic) bond motifs is 1. The highest BCUT2D eigenvalue weighted by Gasteiger charge is 2.46. The lowest BCUT2D eigenvalue weighted by molar-refractivity contribution is -0.0695. The number of nitrogens with one attached hydrogen (secondary N) is 1.